The number of anilines is 2. The summed E-state index contributed by atoms with van der Waals surface area (Å²) in [4.78, 5) is 7.92. The highest BCUT2D eigenvalue weighted by molar-refractivity contribution is 6.29. The SMILES string of the molecule is Cc1cc(C)cc(Nc2cc(Cl)ncn2)c1. The smallest absolute Gasteiger partial charge is 0.135 e. The summed E-state index contributed by atoms with van der Waals surface area (Å²) in [7, 11) is 0. The van der Waals surface area contributed by atoms with Crippen molar-refractivity contribution in [1.82, 2.24) is 9.97 Å². The highest BCUT2D eigenvalue weighted by Crippen LogP contribution is 2.19. The van der Waals surface area contributed by atoms with Crippen LogP contribution in [0.1, 0.15) is 11.1 Å². The minimum absolute atomic E-state index is 0.432. The maximum Gasteiger partial charge on any atom is 0.135 e. The zero-order valence-corrected chi connectivity index (χ0v) is 9.92. The topological polar surface area (TPSA) is 37.8 Å². The molecule has 2 aromatic rings. The Hall–Kier alpha value is -1.61. The van der Waals surface area contributed by atoms with Crippen molar-refractivity contribution in [3.63, 3.8) is 0 Å². The summed E-state index contributed by atoms with van der Waals surface area (Å²) in [5.74, 6) is 0.699. The van der Waals surface area contributed by atoms with Crippen molar-refractivity contribution in [3.05, 3.63) is 46.9 Å². The molecule has 0 atom stereocenters. The van der Waals surface area contributed by atoms with Crippen molar-refractivity contribution in [1.29, 1.82) is 0 Å². The van der Waals surface area contributed by atoms with Crippen LogP contribution < -0.4 is 5.32 Å². The lowest BCUT2D eigenvalue weighted by atomic mass is 10.1. The summed E-state index contributed by atoms with van der Waals surface area (Å²) < 4.78 is 0. The Labute approximate surface area is 99.5 Å². The first-order valence-electron chi connectivity index (χ1n) is 4.96. The number of hydrogen-bond donors (Lipinski definition) is 1. The quantitative estimate of drug-likeness (QED) is 0.807. The Balaban J connectivity index is 2.27. The van der Waals surface area contributed by atoms with E-state index in [1.165, 1.54) is 17.5 Å². The third kappa shape index (κ3) is 2.70. The second kappa shape index (κ2) is 4.49. The van der Waals surface area contributed by atoms with E-state index in [9.17, 15) is 0 Å². The van der Waals surface area contributed by atoms with Gasteiger partial charge in [-0.15, -0.1) is 0 Å². The van der Waals surface area contributed by atoms with Crippen LogP contribution in [0.25, 0.3) is 0 Å². The van der Waals surface area contributed by atoms with Crippen LogP contribution in [-0.2, 0) is 0 Å². The minimum Gasteiger partial charge on any atom is -0.340 e. The van der Waals surface area contributed by atoms with Gasteiger partial charge in [-0.25, -0.2) is 9.97 Å². The summed E-state index contributed by atoms with van der Waals surface area (Å²) in [6.07, 6.45) is 1.44. The molecule has 0 unspecified atom stereocenters. The summed E-state index contributed by atoms with van der Waals surface area (Å²) in [6, 6.07) is 7.93. The second-order valence-electron chi connectivity index (χ2n) is 3.73. The Morgan fingerprint density at radius 2 is 1.69 bits per heavy atom. The van der Waals surface area contributed by atoms with Gasteiger partial charge in [-0.3, -0.25) is 0 Å². The Bertz CT molecular complexity index is 491. The number of aromatic nitrogens is 2. The summed E-state index contributed by atoms with van der Waals surface area (Å²) >= 11 is 5.78. The molecule has 2 rings (SSSR count). The van der Waals surface area contributed by atoms with Crippen LogP contribution >= 0.6 is 11.6 Å². The molecule has 82 valence electrons. The van der Waals surface area contributed by atoms with E-state index in [2.05, 4.69) is 47.3 Å². The summed E-state index contributed by atoms with van der Waals surface area (Å²) in [5, 5.41) is 3.62. The van der Waals surface area contributed by atoms with E-state index in [1.807, 2.05) is 0 Å². The van der Waals surface area contributed by atoms with E-state index in [-0.39, 0.29) is 0 Å². The lowest BCUT2D eigenvalue weighted by molar-refractivity contribution is 1.17. The number of aryl methyl sites for hydroxylation is 2. The molecule has 1 aromatic carbocycles. The first-order chi connectivity index (χ1) is 7.63. The van der Waals surface area contributed by atoms with E-state index in [4.69, 9.17) is 11.6 Å². The van der Waals surface area contributed by atoms with E-state index < -0.39 is 0 Å². The van der Waals surface area contributed by atoms with Crippen LogP contribution in [0.2, 0.25) is 5.15 Å². The van der Waals surface area contributed by atoms with Gasteiger partial charge in [0.25, 0.3) is 0 Å². The van der Waals surface area contributed by atoms with Crippen molar-refractivity contribution in [2.75, 3.05) is 5.32 Å². The predicted molar refractivity (Wildman–Crippen MR) is 66.2 cm³/mol. The highest BCUT2D eigenvalue weighted by atomic mass is 35.5. The molecule has 1 heterocycles. The van der Waals surface area contributed by atoms with Crippen LogP contribution in [0.3, 0.4) is 0 Å². The molecule has 0 radical (unpaired) electrons. The van der Waals surface area contributed by atoms with Crippen LogP contribution in [0.5, 0.6) is 0 Å². The Kier molecular flexibility index (Phi) is 3.06. The molecule has 1 aromatic heterocycles. The van der Waals surface area contributed by atoms with Gasteiger partial charge in [0, 0.05) is 11.8 Å². The molecule has 0 saturated carbocycles. The molecule has 0 aliphatic rings. The highest BCUT2D eigenvalue weighted by Gasteiger charge is 1.99. The van der Waals surface area contributed by atoms with Gasteiger partial charge >= 0.3 is 0 Å². The van der Waals surface area contributed by atoms with Crippen molar-refractivity contribution in [3.8, 4) is 0 Å². The molecule has 0 amide bonds. The van der Waals surface area contributed by atoms with Gasteiger partial charge in [0.15, 0.2) is 0 Å². The molecule has 1 N–H and O–H groups in total. The molecular weight excluding hydrogens is 222 g/mol. The number of hydrogen-bond acceptors (Lipinski definition) is 3. The molecule has 16 heavy (non-hydrogen) atoms. The van der Waals surface area contributed by atoms with Crippen molar-refractivity contribution < 1.29 is 0 Å². The average Bonchev–Trinajstić information content (AvgIpc) is 2.15. The largest absolute Gasteiger partial charge is 0.340 e. The third-order valence-corrected chi connectivity index (χ3v) is 2.33. The van der Waals surface area contributed by atoms with Crippen molar-refractivity contribution >= 4 is 23.1 Å². The maximum atomic E-state index is 5.78. The van der Waals surface area contributed by atoms with Crippen LogP contribution in [-0.4, -0.2) is 9.97 Å². The molecule has 0 aliphatic carbocycles. The standard InChI is InChI=1S/C12H12ClN3/c1-8-3-9(2)5-10(4-8)16-12-6-11(13)14-7-15-12/h3-7H,1-2H3,(H,14,15,16). The zero-order chi connectivity index (χ0) is 11.5. The molecule has 0 saturated heterocycles. The third-order valence-electron chi connectivity index (χ3n) is 2.13. The van der Waals surface area contributed by atoms with Crippen LogP contribution in [0, 0.1) is 13.8 Å². The lowest BCUT2D eigenvalue weighted by Crippen LogP contribution is -1.95. The van der Waals surface area contributed by atoms with E-state index in [0.717, 1.165) is 5.69 Å². The molecule has 0 aliphatic heterocycles. The fraction of sp³-hybridized carbons (Fsp3) is 0.167. The molecule has 0 spiro atoms. The number of nitrogens with zero attached hydrogens (tertiary/aromatic N) is 2. The Morgan fingerprint density at radius 1 is 1.00 bits per heavy atom. The van der Waals surface area contributed by atoms with Gasteiger partial charge in [0.05, 0.1) is 0 Å². The first-order valence-corrected chi connectivity index (χ1v) is 5.34. The number of halogens is 1. The van der Waals surface area contributed by atoms with Gasteiger partial charge in [-0.05, 0) is 37.1 Å². The van der Waals surface area contributed by atoms with Crippen LogP contribution in [0.15, 0.2) is 30.6 Å². The molecule has 3 nitrogen and oxygen atoms in total. The molecule has 0 bridgehead atoms. The predicted octanol–water partition coefficient (Wildman–Crippen LogP) is 3.49. The van der Waals surface area contributed by atoms with Gasteiger partial charge < -0.3 is 5.32 Å². The lowest BCUT2D eigenvalue weighted by Gasteiger charge is -2.07. The van der Waals surface area contributed by atoms with Crippen molar-refractivity contribution in [2.45, 2.75) is 13.8 Å². The normalized spacial score (nSPS) is 10.2. The number of benzene rings is 1. The van der Waals surface area contributed by atoms with Gasteiger partial charge in [-0.1, -0.05) is 17.7 Å². The fourth-order valence-electron chi connectivity index (χ4n) is 1.60. The number of rotatable bonds is 2. The molecule has 0 fully saturated rings. The van der Waals surface area contributed by atoms with E-state index in [1.54, 1.807) is 6.07 Å². The summed E-state index contributed by atoms with van der Waals surface area (Å²) in [5.41, 5.74) is 3.43. The van der Waals surface area contributed by atoms with E-state index >= 15 is 0 Å². The minimum atomic E-state index is 0.432. The van der Waals surface area contributed by atoms with Gasteiger partial charge in [0.2, 0.25) is 0 Å². The van der Waals surface area contributed by atoms with Gasteiger partial charge in [-0.2, -0.15) is 0 Å². The van der Waals surface area contributed by atoms with Crippen LogP contribution in [0.4, 0.5) is 11.5 Å². The van der Waals surface area contributed by atoms with Crippen molar-refractivity contribution in [2.24, 2.45) is 0 Å². The van der Waals surface area contributed by atoms with E-state index in [0.29, 0.717) is 11.0 Å². The first kappa shape index (κ1) is 10.9. The Morgan fingerprint density at radius 3 is 2.31 bits per heavy atom. The zero-order valence-electron chi connectivity index (χ0n) is 9.16. The average molecular weight is 234 g/mol. The van der Waals surface area contributed by atoms with Gasteiger partial charge in [0.1, 0.15) is 17.3 Å². The second-order valence-corrected chi connectivity index (χ2v) is 4.11. The molecule has 4 heteroatoms. The maximum absolute atomic E-state index is 5.78. The number of nitrogens with one attached hydrogen (secondary N) is 1. The molecular formula is C12H12ClN3. The summed E-state index contributed by atoms with van der Waals surface area (Å²) in [6.45, 7) is 4.12. The fourth-order valence-corrected chi connectivity index (χ4v) is 1.74. The monoisotopic (exact) mass is 233 g/mol.